The molecule has 0 spiro atoms. The number of carbonyl (C=O) groups excluding carboxylic acids is 1. The van der Waals surface area contributed by atoms with Crippen molar-refractivity contribution in [1.82, 2.24) is 5.32 Å². The smallest absolute Gasteiger partial charge is 0.323 e. The van der Waals surface area contributed by atoms with Crippen molar-refractivity contribution in [3.05, 3.63) is 35.9 Å². The van der Waals surface area contributed by atoms with Crippen molar-refractivity contribution in [2.24, 2.45) is 5.92 Å². The third-order valence-corrected chi connectivity index (χ3v) is 3.54. The fourth-order valence-electron chi connectivity index (χ4n) is 2.42. The molecular formula is C18H27NO4. The van der Waals surface area contributed by atoms with E-state index in [0.717, 1.165) is 5.56 Å². The van der Waals surface area contributed by atoms with E-state index in [2.05, 4.69) is 5.32 Å². The van der Waals surface area contributed by atoms with Crippen LogP contribution in [0.5, 0.6) is 0 Å². The molecule has 1 rings (SSSR count). The summed E-state index contributed by atoms with van der Waals surface area (Å²) in [7, 11) is 0. The normalized spacial score (nSPS) is 13.6. The van der Waals surface area contributed by atoms with Crippen LogP contribution < -0.4 is 5.32 Å². The Balaban J connectivity index is 2.74. The van der Waals surface area contributed by atoms with E-state index in [0.29, 0.717) is 19.3 Å². The molecule has 0 heterocycles. The minimum Gasteiger partial charge on any atom is -0.480 e. The molecule has 2 atom stereocenters. The van der Waals surface area contributed by atoms with E-state index < -0.39 is 24.0 Å². The van der Waals surface area contributed by atoms with Gasteiger partial charge in [0.2, 0.25) is 0 Å². The number of nitrogens with one attached hydrogen (secondary N) is 1. The SMILES string of the molecule is CCOC(=O)[C@@H](CCc1ccccc1)N[C@@H](CC(C)C)C(=O)O. The summed E-state index contributed by atoms with van der Waals surface area (Å²) in [5.74, 6) is -1.10. The highest BCUT2D eigenvalue weighted by Crippen LogP contribution is 2.11. The second kappa shape index (κ2) is 10.0. The topological polar surface area (TPSA) is 75.6 Å². The van der Waals surface area contributed by atoms with E-state index in [4.69, 9.17) is 4.74 Å². The standard InChI is InChI=1S/C18H27NO4/c1-4-23-18(22)15(11-10-14-8-6-5-7-9-14)19-16(17(20)21)12-13(2)3/h5-9,13,15-16,19H,4,10-12H2,1-3H3,(H,20,21)/t15-,16+/m1/s1. The Hall–Kier alpha value is -1.88. The van der Waals surface area contributed by atoms with Crippen LogP contribution in [0.3, 0.4) is 0 Å². The van der Waals surface area contributed by atoms with Gasteiger partial charge in [-0.1, -0.05) is 44.2 Å². The van der Waals surface area contributed by atoms with Gasteiger partial charge in [-0.25, -0.2) is 0 Å². The second-order valence-electron chi connectivity index (χ2n) is 6.02. The minimum absolute atomic E-state index is 0.223. The number of ether oxygens (including phenoxy) is 1. The third kappa shape index (κ3) is 7.28. The van der Waals surface area contributed by atoms with Gasteiger partial charge in [0.25, 0.3) is 0 Å². The Labute approximate surface area is 138 Å². The first-order chi connectivity index (χ1) is 10.9. The molecule has 0 radical (unpaired) electrons. The number of esters is 1. The summed E-state index contributed by atoms with van der Waals surface area (Å²) in [4.78, 5) is 23.5. The van der Waals surface area contributed by atoms with Crippen LogP contribution >= 0.6 is 0 Å². The van der Waals surface area contributed by atoms with Gasteiger partial charge in [0.15, 0.2) is 0 Å². The number of hydrogen-bond acceptors (Lipinski definition) is 4. The number of carboxylic acid groups (broad SMARTS) is 1. The van der Waals surface area contributed by atoms with Crippen LogP contribution in [0.4, 0.5) is 0 Å². The number of carboxylic acids is 1. The molecule has 1 aromatic carbocycles. The lowest BCUT2D eigenvalue weighted by molar-refractivity contribution is -0.147. The van der Waals surface area contributed by atoms with Crippen molar-refractivity contribution >= 4 is 11.9 Å². The molecule has 0 amide bonds. The molecule has 5 heteroatoms. The van der Waals surface area contributed by atoms with Crippen molar-refractivity contribution in [1.29, 1.82) is 0 Å². The average Bonchev–Trinajstić information content (AvgIpc) is 2.50. The van der Waals surface area contributed by atoms with Crippen LogP contribution in [0, 0.1) is 5.92 Å². The van der Waals surface area contributed by atoms with E-state index in [9.17, 15) is 14.7 Å². The third-order valence-electron chi connectivity index (χ3n) is 3.54. The summed E-state index contributed by atoms with van der Waals surface area (Å²) in [6.45, 7) is 5.95. The molecule has 0 saturated heterocycles. The average molecular weight is 321 g/mol. The lowest BCUT2D eigenvalue weighted by atomic mass is 10.0. The van der Waals surface area contributed by atoms with Gasteiger partial charge in [-0.3, -0.25) is 14.9 Å². The molecule has 5 nitrogen and oxygen atoms in total. The van der Waals surface area contributed by atoms with Crippen LogP contribution in [-0.2, 0) is 20.7 Å². The first-order valence-electron chi connectivity index (χ1n) is 8.13. The maximum Gasteiger partial charge on any atom is 0.323 e. The van der Waals surface area contributed by atoms with Crippen LogP contribution in [0.25, 0.3) is 0 Å². The van der Waals surface area contributed by atoms with Crippen molar-refractivity contribution < 1.29 is 19.4 Å². The molecule has 0 fully saturated rings. The molecule has 0 aromatic heterocycles. The van der Waals surface area contributed by atoms with Crippen LogP contribution in [0.15, 0.2) is 30.3 Å². The van der Waals surface area contributed by atoms with Gasteiger partial charge in [-0.15, -0.1) is 0 Å². The number of aryl methyl sites for hydroxylation is 1. The van der Waals surface area contributed by atoms with Gasteiger partial charge in [0.1, 0.15) is 12.1 Å². The number of aliphatic carboxylic acids is 1. The first kappa shape index (κ1) is 19.2. The summed E-state index contributed by atoms with van der Waals surface area (Å²) in [6.07, 6.45) is 1.66. The Morgan fingerprint density at radius 3 is 2.35 bits per heavy atom. The van der Waals surface area contributed by atoms with Crippen LogP contribution in [0.1, 0.15) is 39.2 Å². The van der Waals surface area contributed by atoms with Gasteiger partial charge in [-0.2, -0.15) is 0 Å². The number of benzene rings is 1. The zero-order valence-electron chi connectivity index (χ0n) is 14.1. The highest BCUT2D eigenvalue weighted by molar-refractivity contribution is 5.78. The molecule has 0 unspecified atom stereocenters. The van der Waals surface area contributed by atoms with Crippen molar-refractivity contribution in [2.75, 3.05) is 6.61 Å². The van der Waals surface area contributed by atoms with Crippen LogP contribution in [0.2, 0.25) is 0 Å². The van der Waals surface area contributed by atoms with E-state index in [1.165, 1.54) is 0 Å². The van der Waals surface area contributed by atoms with Crippen molar-refractivity contribution in [2.45, 2.75) is 52.1 Å². The van der Waals surface area contributed by atoms with E-state index in [-0.39, 0.29) is 12.5 Å². The second-order valence-corrected chi connectivity index (χ2v) is 6.02. The number of carbonyl (C=O) groups is 2. The monoisotopic (exact) mass is 321 g/mol. The Morgan fingerprint density at radius 1 is 1.17 bits per heavy atom. The van der Waals surface area contributed by atoms with E-state index in [1.54, 1.807) is 6.92 Å². The molecule has 23 heavy (non-hydrogen) atoms. The fourth-order valence-corrected chi connectivity index (χ4v) is 2.42. The highest BCUT2D eigenvalue weighted by atomic mass is 16.5. The molecule has 0 saturated carbocycles. The zero-order valence-corrected chi connectivity index (χ0v) is 14.1. The summed E-state index contributed by atoms with van der Waals surface area (Å²) in [5, 5.41) is 12.3. The summed E-state index contributed by atoms with van der Waals surface area (Å²) < 4.78 is 5.08. The lowest BCUT2D eigenvalue weighted by Gasteiger charge is -2.23. The molecule has 0 aliphatic heterocycles. The minimum atomic E-state index is -0.937. The molecule has 0 aliphatic carbocycles. The molecule has 1 aromatic rings. The van der Waals surface area contributed by atoms with E-state index >= 15 is 0 Å². The van der Waals surface area contributed by atoms with E-state index in [1.807, 2.05) is 44.2 Å². The quantitative estimate of drug-likeness (QED) is 0.648. The highest BCUT2D eigenvalue weighted by Gasteiger charge is 2.27. The van der Waals surface area contributed by atoms with Gasteiger partial charge in [0.05, 0.1) is 6.61 Å². The first-order valence-corrected chi connectivity index (χ1v) is 8.13. The summed E-state index contributed by atoms with van der Waals surface area (Å²) in [6, 6.07) is 8.45. The van der Waals surface area contributed by atoms with Gasteiger partial charge in [-0.05, 0) is 37.7 Å². The van der Waals surface area contributed by atoms with Crippen molar-refractivity contribution in [3.8, 4) is 0 Å². The zero-order chi connectivity index (χ0) is 17.2. The summed E-state index contributed by atoms with van der Waals surface area (Å²) >= 11 is 0. The summed E-state index contributed by atoms with van der Waals surface area (Å²) in [5.41, 5.74) is 1.11. The van der Waals surface area contributed by atoms with Crippen LogP contribution in [-0.4, -0.2) is 35.7 Å². The Kier molecular flexibility index (Phi) is 8.33. The molecule has 0 aliphatic rings. The maximum atomic E-state index is 12.1. The van der Waals surface area contributed by atoms with Gasteiger partial charge >= 0.3 is 11.9 Å². The predicted octanol–water partition coefficient (Wildman–Crippen LogP) is 2.64. The largest absolute Gasteiger partial charge is 0.480 e. The van der Waals surface area contributed by atoms with Gasteiger partial charge in [0, 0.05) is 0 Å². The number of hydrogen-bond donors (Lipinski definition) is 2. The fraction of sp³-hybridized carbons (Fsp3) is 0.556. The Morgan fingerprint density at radius 2 is 1.83 bits per heavy atom. The maximum absolute atomic E-state index is 12.1. The molecule has 0 bridgehead atoms. The molecule has 2 N–H and O–H groups in total. The lowest BCUT2D eigenvalue weighted by Crippen LogP contribution is -2.48. The number of rotatable bonds is 10. The van der Waals surface area contributed by atoms with Gasteiger partial charge < -0.3 is 9.84 Å². The Bertz CT molecular complexity index is 487. The predicted molar refractivity (Wildman–Crippen MR) is 89.2 cm³/mol. The molecular weight excluding hydrogens is 294 g/mol. The van der Waals surface area contributed by atoms with Crippen molar-refractivity contribution in [3.63, 3.8) is 0 Å². The molecule has 128 valence electrons.